The molecule has 0 spiro atoms. The lowest BCUT2D eigenvalue weighted by Crippen LogP contribution is -2.50. The maximum absolute atomic E-state index is 13.1. The van der Waals surface area contributed by atoms with E-state index in [0.717, 1.165) is 58.7 Å². The van der Waals surface area contributed by atoms with Crippen molar-refractivity contribution in [3.8, 4) is 16.9 Å². The number of aromatic amines is 1. The predicted octanol–water partition coefficient (Wildman–Crippen LogP) is 4.21. The van der Waals surface area contributed by atoms with Gasteiger partial charge in [0.1, 0.15) is 11.4 Å². The zero-order chi connectivity index (χ0) is 23.1. The van der Waals surface area contributed by atoms with Crippen molar-refractivity contribution in [3.05, 3.63) is 82.6 Å². The highest BCUT2D eigenvalue weighted by molar-refractivity contribution is 6.31. The molecule has 6 rings (SSSR count). The van der Waals surface area contributed by atoms with Crippen molar-refractivity contribution in [1.82, 2.24) is 20.2 Å². The molecule has 0 saturated carbocycles. The second kappa shape index (κ2) is 8.78. The molecular formula is C27H25ClN4O2. The Kier molecular flexibility index (Phi) is 5.47. The van der Waals surface area contributed by atoms with E-state index in [9.17, 15) is 4.79 Å². The fourth-order valence-electron chi connectivity index (χ4n) is 4.98. The number of nitrogens with one attached hydrogen (secondary N) is 2. The molecular weight excluding hydrogens is 448 g/mol. The van der Waals surface area contributed by atoms with Crippen molar-refractivity contribution in [3.63, 3.8) is 0 Å². The molecule has 4 heterocycles. The SMILES string of the molecule is O=C(C1Cc2cc(Cl)cc(-c3ccnc4[nH]c(Cc5ccccc5)cc34)c2O1)N1CCNCC1. The molecule has 1 fully saturated rings. The van der Waals surface area contributed by atoms with Gasteiger partial charge in [-0.2, -0.15) is 0 Å². The first-order valence-electron chi connectivity index (χ1n) is 11.7. The Labute approximate surface area is 202 Å². The van der Waals surface area contributed by atoms with Gasteiger partial charge in [-0.25, -0.2) is 4.98 Å². The zero-order valence-electron chi connectivity index (χ0n) is 18.7. The van der Waals surface area contributed by atoms with Crippen LogP contribution in [-0.2, 0) is 17.6 Å². The number of amides is 1. The average molecular weight is 473 g/mol. The van der Waals surface area contributed by atoms with Crippen LogP contribution in [0, 0.1) is 0 Å². The summed E-state index contributed by atoms with van der Waals surface area (Å²) in [6.45, 7) is 3.05. The van der Waals surface area contributed by atoms with Crippen LogP contribution in [0.25, 0.3) is 22.2 Å². The molecule has 1 unspecified atom stereocenters. The molecule has 0 radical (unpaired) electrons. The molecule has 0 bridgehead atoms. The van der Waals surface area contributed by atoms with Crippen LogP contribution in [0.4, 0.5) is 0 Å². The summed E-state index contributed by atoms with van der Waals surface area (Å²) in [5.74, 6) is 0.794. The molecule has 2 aliphatic rings. The molecule has 2 aliphatic heterocycles. The van der Waals surface area contributed by atoms with Crippen molar-refractivity contribution < 1.29 is 9.53 Å². The van der Waals surface area contributed by atoms with E-state index in [0.29, 0.717) is 24.5 Å². The molecule has 2 N–H and O–H groups in total. The van der Waals surface area contributed by atoms with Crippen molar-refractivity contribution in [2.75, 3.05) is 26.2 Å². The molecule has 1 atom stereocenters. The van der Waals surface area contributed by atoms with Crippen molar-refractivity contribution in [2.24, 2.45) is 0 Å². The summed E-state index contributed by atoms with van der Waals surface area (Å²) in [5, 5.41) is 4.94. The van der Waals surface area contributed by atoms with E-state index >= 15 is 0 Å². The van der Waals surface area contributed by atoms with Gasteiger partial charge in [0.05, 0.1) is 0 Å². The van der Waals surface area contributed by atoms with Gasteiger partial charge in [0.25, 0.3) is 5.91 Å². The number of rotatable bonds is 4. The van der Waals surface area contributed by atoms with Crippen LogP contribution >= 0.6 is 11.6 Å². The number of ether oxygens (including phenoxy) is 1. The van der Waals surface area contributed by atoms with E-state index in [-0.39, 0.29) is 5.91 Å². The summed E-state index contributed by atoms with van der Waals surface area (Å²) in [6.07, 6.45) is 2.61. The first-order valence-corrected chi connectivity index (χ1v) is 12.0. The van der Waals surface area contributed by atoms with Gasteiger partial charge in [0.2, 0.25) is 0 Å². The fourth-order valence-corrected chi connectivity index (χ4v) is 5.22. The Balaban J connectivity index is 1.35. The second-order valence-corrected chi connectivity index (χ2v) is 9.34. The number of benzene rings is 2. The van der Waals surface area contributed by atoms with Gasteiger partial charge >= 0.3 is 0 Å². The topological polar surface area (TPSA) is 70.2 Å². The highest BCUT2D eigenvalue weighted by atomic mass is 35.5. The first-order chi connectivity index (χ1) is 16.7. The molecule has 2 aromatic heterocycles. The van der Waals surface area contributed by atoms with Gasteiger partial charge < -0.3 is 19.9 Å². The number of H-pyrrole nitrogens is 1. The number of hydrogen-bond donors (Lipinski definition) is 2. The van der Waals surface area contributed by atoms with E-state index in [1.54, 1.807) is 6.20 Å². The van der Waals surface area contributed by atoms with E-state index in [1.165, 1.54) is 5.56 Å². The number of carbonyl (C=O) groups is 1. The van der Waals surface area contributed by atoms with E-state index in [4.69, 9.17) is 16.3 Å². The molecule has 1 amide bonds. The van der Waals surface area contributed by atoms with Gasteiger partial charge in [0.15, 0.2) is 6.10 Å². The lowest BCUT2D eigenvalue weighted by atomic mass is 9.98. The molecule has 7 heteroatoms. The molecule has 1 saturated heterocycles. The second-order valence-electron chi connectivity index (χ2n) is 8.91. The monoisotopic (exact) mass is 472 g/mol. The Bertz CT molecular complexity index is 1360. The molecule has 6 nitrogen and oxygen atoms in total. The molecule has 172 valence electrons. The molecule has 0 aliphatic carbocycles. The number of carbonyl (C=O) groups excluding carboxylic acids is 1. The maximum atomic E-state index is 13.1. The maximum Gasteiger partial charge on any atom is 0.264 e. The predicted molar refractivity (Wildman–Crippen MR) is 133 cm³/mol. The van der Waals surface area contributed by atoms with Crippen molar-refractivity contribution in [1.29, 1.82) is 0 Å². The van der Waals surface area contributed by atoms with Crippen LogP contribution in [0.5, 0.6) is 5.75 Å². The van der Waals surface area contributed by atoms with Gasteiger partial charge in [-0.05, 0) is 35.4 Å². The van der Waals surface area contributed by atoms with Crippen LogP contribution in [0.15, 0.2) is 60.8 Å². The Morgan fingerprint density at radius 3 is 2.74 bits per heavy atom. The number of halogens is 1. The number of piperazine rings is 1. The fraction of sp³-hybridized carbons (Fsp3) is 0.259. The van der Waals surface area contributed by atoms with E-state index in [1.807, 2.05) is 41.3 Å². The van der Waals surface area contributed by atoms with Crippen LogP contribution in [0.1, 0.15) is 16.8 Å². The normalized spacial score (nSPS) is 17.6. The Morgan fingerprint density at radius 2 is 1.91 bits per heavy atom. The van der Waals surface area contributed by atoms with Crippen LogP contribution in [0.3, 0.4) is 0 Å². The van der Waals surface area contributed by atoms with Crippen molar-refractivity contribution in [2.45, 2.75) is 18.9 Å². The number of fused-ring (bicyclic) bond motifs is 2. The molecule has 2 aromatic carbocycles. The van der Waals surface area contributed by atoms with Crippen molar-refractivity contribution >= 4 is 28.5 Å². The number of aromatic nitrogens is 2. The summed E-state index contributed by atoms with van der Waals surface area (Å²) >= 11 is 6.54. The third-order valence-electron chi connectivity index (χ3n) is 6.62. The quantitative estimate of drug-likeness (QED) is 0.467. The van der Waals surface area contributed by atoms with E-state index in [2.05, 4.69) is 33.5 Å². The standard InChI is InChI=1S/C27H25ClN4O2/c28-19-13-18-14-24(27(33)32-10-8-29-9-11-32)34-25(18)22(15-19)21-6-7-30-26-23(21)16-20(31-26)12-17-4-2-1-3-5-17/h1-7,13,15-16,24,29H,8-12,14H2,(H,30,31). The molecule has 4 aromatic rings. The average Bonchev–Trinajstić information content (AvgIpc) is 3.48. The lowest BCUT2D eigenvalue weighted by Gasteiger charge is -2.29. The smallest absolute Gasteiger partial charge is 0.264 e. The van der Waals surface area contributed by atoms with Gasteiger partial charge in [-0.1, -0.05) is 41.9 Å². The highest BCUT2D eigenvalue weighted by Gasteiger charge is 2.35. The number of hydrogen-bond acceptors (Lipinski definition) is 4. The van der Waals surface area contributed by atoms with Gasteiger partial charge in [-0.3, -0.25) is 4.79 Å². The molecule has 34 heavy (non-hydrogen) atoms. The summed E-state index contributed by atoms with van der Waals surface area (Å²) in [4.78, 5) is 23.0. The minimum Gasteiger partial charge on any atom is -0.479 e. The third kappa shape index (κ3) is 3.93. The number of pyridine rings is 1. The largest absolute Gasteiger partial charge is 0.479 e. The Hall–Kier alpha value is -3.35. The lowest BCUT2D eigenvalue weighted by molar-refractivity contribution is -0.138. The van der Waals surface area contributed by atoms with E-state index < -0.39 is 6.10 Å². The highest BCUT2D eigenvalue weighted by Crippen LogP contribution is 2.43. The Morgan fingerprint density at radius 1 is 1.09 bits per heavy atom. The number of nitrogens with zero attached hydrogens (tertiary/aromatic N) is 2. The summed E-state index contributed by atoms with van der Waals surface area (Å²) in [6, 6.07) is 18.3. The summed E-state index contributed by atoms with van der Waals surface area (Å²) < 4.78 is 6.31. The van der Waals surface area contributed by atoms with Gasteiger partial charge in [-0.15, -0.1) is 0 Å². The first kappa shape index (κ1) is 21.2. The third-order valence-corrected chi connectivity index (χ3v) is 6.83. The van der Waals surface area contributed by atoms with Crippen LogP contribution in [-0.4, -0.2) is 53.1 Å². The summed E-state index contributed by atoms with van der Waals surface area (Å²) in [5.41, 5.74) is 6.01. The zero-order valence-corrected chi connectivity index (χ0v) is 19.4. The van der Waals surface area contributed by atoms with Crippen LogP contribution in [0.2, 0.25) is 5.02 Å². The summed E-state index contributed by atoms with van der Waals surface area (Å²) in [7, 11) is 0. The minimum absolute atomic E-state index is 0.0476. The van der Waals surface area contributed by atoms with Crippen LogP contribution < -0.4 is 10.1 Å². The minimum atomic E-state index is -0.512. The van der Waals surface area contributed by atoms with Gasteiger partial charge in [0, 0.05) is 72.4 Å².